The highest BCUT2D eigenvalue weighted by atomic mass is 16.2. The van der Waals surface area contributed by atoms with Crippen molar-refractivity contribution in [2.45, 2.75) is 38.8 Å². The molecule has 2 aromatic carbocycles. The maximum atomic E-state index is 13.1. The summed E-state index contributed by atoms with van der Waals surface area (Å²) in [5.41, 5.74) is 4.94. The Bertz CT molecular complexity index is 942. The van der Waals surface area contributed by atoms with Gasteiger partial charge < -0.3 is 10.6 Å². The molecule has 0 saturated carbocycles. The lowest BCUT2D eigenvalue weighted by Gasteiger charge is -2.23. The van der Waals surface area contributed by atoms with Gasteiger partial charge in [-0.15, -0.1) is 0 Å². The molecule has 29 heavy (non-hydrogen) atoms. The van der Waals surface area contributed by atoms with Gasteiger partial charge in [0.2, 0.25) is 0 Å². The molecule has 3 aromatic rings. The van der Waals surface area contributed by atoms with Crippen LogP contribution in [0.1, 0.15) is 57.7 Å². The van der Waals surface area contributed by atoms with E-state index in [1.165, 1.54) is 11.1 Å². The first kappa shape index (κ1) is 19.4. The first-order valence-corrected chi connectivity index (χ1v) is 10.3. The van der Waals surface area contributed by atoms with Crippen molar-refractivity contribution >= 4 is 5.91 Å². The van der Waals surface area contributed by atoms with Crippen molar-refractivity contribution in [2.75, 3.05) is 13.1 Å². The van der Waals surface area contributed by atoms with E-state index in [9.17, 15) is 4.79 Å². The average molecular weight is 389 g/mol. The number of rotatable bonds is 5. The van der Waals surface area contributed by atoms with Gasteiger partial charge in [0.1, 0.15) is 5.69 Å². The lowest BCUT2D eigenvalue weighted by Crippen LogP contribution is -2.32. The molecule has 2 N–H and O–H groups in total. The number of piperidine rings is 1. The molecular weight excluding hydrogens is 360 g/mol. The number of benzene rings is 2. The number of aryl methyl sites for hydroxylation is 2. The molecule has 1 saturated heterocycles. The Morgan fingerprint density at radius 2 is 1.79 bits per heavy atom. The summed E-state index contributed by atoms with van der Waals surface area (Å²) in [7, 11) is 0. The van der Waals surface area contributed by atoms with Crippen LogP contribution in [0.2, 0.25) is 0 Å². The standard InChI is InChI=1S/C24H28N4O/c1-17-6-3-8-19(14-17)23(20-9-4-7-18(2)15-20)26-24(29)22-11-13-28(27-22)21-10-5-12-25-16-21/h3-4,6-9,11,13-15,21,23,25H,5,10,12,16H2,1-2H3,(H,26,29). The summed E-state index contributed by atoms with van der Waals surface area (Å²) in [5, 5.41) is 11.2. The lowest BCUT2D eigenvalue weighted by molar-refractivity contribution is 0.0936. The highest BCUT2D eigenvalue weighted by Gasteiger charge is 2.21. The van der Waals surface area contributed by atoms with Crippen molar-refractivity contribution in [3.05, 3.63) is 88.7 Å². The van der Waals surface area contributed by atoms with Gasteiger partial charge in [-0.05, 0) is 50.4 Å². The Kier molecular flexibility index (Phi) is 5.76. The summed E-state index contributed by atoms with van der Waals surface area (Å²) in [6.45, 7) is 6.09. The summed E-state index contributed by atoms with van der Waals surface area (Å²) in [4.78, 5) is 13.1. The lowest BCUT2D eigenvalue weighted by atomic mass is 9.96. The fraction of sp³-hybridized carbons (Fsp3) is 0.333. The van der Waals surface area contributed by atoms with E-state index in [1.54, 1.807) is 0 Å². The topological polar surface area (TPSA) is 59.0 Å². The van der Waals surface area contributed by atoms with Gasteiger partial charge in [0.25, 0.3) is 5.91 Å². The number of hydrogen-bond acceptors (Lipinski definition) is 3. The summed E-state index contributed by atoms with van der Waals surface area (Å²) in [6, 6.07) is 18.5. The third-order valence-corrected chi connectivity index (χ3v) is 5.51. The molecule has 0 bridgehead atoms. The SMILES string of the molecule is Cc1cccc(C(NC(=O)c2ccn(C3CCCNC3)n2)c2cccc(C)c2)c1. The number of nitrogens with zero attached hydrogens (tertiary/aromatic N) is 2. The molecule has 1 fully saturated rings. The molecule has 1 amide bonds. The van der Waals surface area contributed by atoms with Crippen LogP contribution in [0.5, 0.6) is 0 Å². The molecule has 1 atom stereocenters. The Balaban J connectivity index is 1.59. The first-order chi connectivity index (χ1) is 14.1. The Labute approximate surface area is 172 Å². The fourth-order valence-corrected chi connectivity index (χ4v) is 3.99. The van der Waals surface area contributed by atoms with E-state index in [0.29, 0.717) is 11.7 Å². The highest BCUT2D eigenvalue weighted by molar-refractivity contribution is 5.92. The van der Waals surface area contributed by atoms with Crippen molar-refractivity contribution < 1.29 is 4.79 Å². The van der Waals surface area contributed by atoms with E-state index < -0.39 is 0 Å². The zero-order chi connectivity index (χ0) is 20.2. The minimum absolute atomic E-state index is 0.152. The van der Waals surface area contributed by atoms with Crippen molar-refractivity contribution in [2.24, 2.45) is 0 Å². The van der Waals surface area contributed by atoms with Crippen molar-refractivity contribution in [3.8, 4) is 0 Å². The second-order valence-corrected chi connectivity index (χ2v) is 7.92. The third-order valence-electron chi connectivity index (χ3n) is 5.51. The molecule has 5 heteroatoms. The Morgan fingerprint density at radius 1 is 1.10 bits per heavy atom. The van der Waals surface area contributed by atoms with E-state index in [4.69, 9.17) is 0 Å². The molecule has 1 aliphatic heterocycles. The number of hydrogen-bond donors (Lipinski definition) is 2. The number of carbonyl (C=O) groups excluding carboxylic acids is 1. The van der Waals surface area contributed by atoms with Crippen LogP contribution in [-0.2, 0) is 0 Å². The molecule has 5 nitrogen and oxygen atoms in total. The van der Waals surface area contributed by atoms with Crippen LogP contribution in [0.3, 0.4) is 0 Å². The van der Waals surface area contributed by atoms with E-state index in [0.717, 1.165) is 37.1 Å². The maximum absolute atomic E-state index is 13.1. The van der Waals surface area contributed by atoms with Crippen LogP contribution in [-0.4, -0.2) is 28.8 Å². The van der Waals surface area contributed by atoms with Gasteiger partial charge in [-0.3, -0.25) is 9.48 Å². The minimum atomic E-state index is -0.219. The maximum Gasteiger partial charge on any atom is 0.272 e. The van der Waals surface area contributed by atoms with Gasteiger partial charge in [-0.2, -0.15) is 5.10 Å². The largest absolute Gasteiger partial charge is 0.340 e. The molecule has 0 aliphatic carbocycles. The number of nitrogens with one attached hydrogen (secondary N) is 2. The molecule has 1 unspecified atom stereocenters. The van der Waals surface area contributed by atoms with E-state index >= 15 is 0 Å². The average Bonchev–Trinajstić information content (AvgIpc) is 3.23. The predicted octanol–water partition coefficient (Wildman–Crippen LogP) is 3.94. The monoisotopic (exact) mass is 388 g/mol. The van der Waals surface area contributed by atoms with Crippen LogP contribution in [0.25, 0.3) is 0 Å². The fourth-order valence-electron chi connectivity index (χ4n) is 3.99. The molecule has 0 radical (unpaired) electrons. The summed E-state index contributed by atoms with van der Waals surface area (Å²) < 4.78 is 1.93. The molecule has 1 aromatic heterocycles. The smallest absolute Gasteiger partial charge is 0.272 e. The quantitative estimate of drug-likeness (QED) is 0.696. The molecule has 0 spiro atoms. The molecule has 4 rings (SSSR count). The third kappa shape index (κ3) is 4.57. The van der Waals surface area contributed by atoms with Gasteiger partial charge in [-0.1, -0.05) is 59.7 Å². The van der Waals surface area contributed by atoms with Gasteiger partial charge >= 0.3 is 0 Å². The summed E-state index contributed by atoms with van der Waals surface area (Å²) >= 11 is 0. The zero-order valence-electron chi connectivity index (χ0n) is 17.1. The Morgan fingerprint density at radius 3 is 2.38 bits per heavy atom. The van der Waals surface area contributed by atoms with Crippen LogP contribution in [0, 0.1) is 13.8 Å². The van der Waals surface area contributed by atoms with Crippen molar-refractivity contribution in [3.63, 3.8) is 0 Å². The first-order valence-electron chi connectivity index (χ1n) is 10.3. The van der Waals surface area contributed by atoms with Gasteiger partial charge in [0.05, 0.1) is 12.1 Å². The second-order valence-electron chi connectivity index (χ2n) is 7.92. The normalized spacial score (nSPS) is 16.7. The van der Waals surface area contributed by atoms with E-state index in [2.05, 4.69) is 66.0 Å². The van der Waals surface area contributed by atoms with Crippen LogP contribution in [0.15, 0.2) is 60.8 Å². The number of amides is 1. The van der Waals surface area contributed by atoms with Gasteiger partial charge in [0.15, 0.2) is 0 Å². The Hall–Kier alpha value is -2.92. The second kappa shape index (κ2) is 8.62. The highest BCUT2D eigenvalue weighted by Crippen LogP contribution is 2.24. The van der Waals surface area contributed by atoms with E-state index in [1.807, 2.05) is 29.1 Å². The molecular formula is C24H28N4O. The zero-order valence-corrected chi connectivity index (χ0v) is 17.1. The summed E-state index contributed by atoms with van der Waals surface area (Å²) in [5.74, 6) is -0.152. The molecule has 1 aliphatic rings. The molecule has 150 valence electrons. The van der Waals surface area contributed by atoms with Crippen molar-refractivity contribution in [1.29, 1.82) is 0 Å². The number of aromatic nitrogens is 2. The number of carbonyl (C=O) groups is 1. The summed E-state index contributed by atoms with van der Waals surface area (Å²) in [6.07, 6.45) is 4.14. The minimum Gasteiger partial charge on any atom is -0.340 e. The molecule has 2 heterocycles. The van der Waals surface area contributed by atoms with E-state index in [-0.39, 0.29) is 11.9 Å². The van der Waals surface area contributed by atoms with Crippen LogP contribution >= 0.6 is 0 Å². The van der Waals surface area contributed by atoms with Crippen molar-refractivity contribution in [1.82, 2.24) is 20.4 Å². The van der Waals surface area contributed by atoms with Crippen LogP contribution in [0.4, 0.5) is 0 Å². The predicted molar refractivity (Wildman–Crippen MR) is 115 cm³/mol. The van der Waals surface area contributed by atoms with Crippen LogP contribution < -0.4 is 10.6 Å². The van der Waals surface area contributed by atoms with Gasteiger partial charge in [0, 0.05) is 12.7 Å². The van der Waals surface area contributed by atoms with Gasteiger partial charge in [-0.25, -0.2) is 0 Å².